The maximum absolute atomic E-state index is 13.3. The van der Waals surface area contributed by atoms with Crippen LogP contribution in [0.3, 0.4) is 0 Å². The Morgan fingerprint density at radius 2 is 1.93 bits per heavy atom. The molecule has 148 valence electrons. The minimum Gasteiger partial charge on any atom is -0.384 e. The molecule has 0 atom stereocenters. The first-order chi connectivity index (χ1) is 14.1. The molecule has 2 aromatic heterocycles. The van der Waals surface area contributed by atoms with Crippen LogP contribution in [0, 0.1) is 13.8 Å². The van der Waals surface area contributed by atoms with Gasteiger partial charge in [-0.05, 0) is 72.5 Å². The Hall–Kier alpha value is -2.55. The first-order valence-corrected chi connectivity index (χ1v) is 10.7. The molecule has 0 aliphatic heterocycles. The lowest BCUT2D eigenvalue weighted by Gasteiger charge is -2.13. The van der Waals surface area contributed by atoms with Crippen molar-refractivity contribution in [2.75, 3.05) is 13.7 Å². The van der Waals surface area contributed by atoms with Gasteiger partial charge in [0.1, 0.15) is 5.82 Å². The molecule has 8 heteroatoms. The molecule has 6 nitrogen and oxygen atoms in total. The lowest BCUT2D eigenvalue weighted by molar-refractivity contribution is 0.200. The van der Waals surface area contributed by atoms with Crippen molar-refractivity contribution < 1.29 is 4.74 Å². The van der Waals surface area contributed by atoms with Gasteiger partial charge in [-0.1, -0.05) is 18.2 Å². The number of fused-ring (bicyclic) bond motifs is 1. The van der Waals surface area contributed by atoms with Gasteiger partial charge in [-0.2, -0.15) is 4.37 Å². The van der Waals surface area contributed by atoms with Crippen molar-refractivity contribution in [2.24, 2.45) is 0 Å². The third-order valence-electron chi connectivity index (χ3n) is 4.65. The number of para-hydroxylation sites is 1. The molecule has 0 bridgehead atoms. The summed E-state index contributed by atoms with van der Waals surface area (Å²) in [5.74, 6) is 0.736. The van der Waals surface area contributed by atoms with Crippen LogP contribution in [-0.4, -0.2) is 32.6 Å². The average Bonchev–Trinajstić information content (AvgIpc) is 3.16. The molecule has 0 aliphatic rings. The molecule has 0 fully saturated rings. The minimum absolute atomic E-state index is 0.0922. The van der Waals surface area contributed by atoms with Crippen LogP contribution in [0.4, 0.5) is 0 Å². The van der Waals surface area contributed by atoms with E-state index in [2.05, 4.69) is 16.3 Å². The van der Waals surface area contributed by atoms with Gasteiger partial charge < -0.3 is 4.74 Å². The van der Waals surface area contributed by atoms with Gasteiger partial charge in [0.2, 0.25) is 0 Å². The maximum atomic E-state index is 13.3. The lowest BCUT2D eigenvalue weighted by Crippen LogP contribution is -2.21. The monoisotopic (exact) mass is 424 g/mol. The molecule has 0 radical (unpaired) electrons. The highest BCUT2D eigenvalue weighted by atomic mass is 32.2. The van der Waals surface area contributed by atoms with Gasteiger partial charge in [-0.15, -0.1) is 0 Å². The molecule has 0 amide bonds. The summed E-state index contributed by atoms with van der Waals surface area (Å²) in [5.41, 5.74) is 3.67. The normalized spacial score (nSPS) is 11.3. The Kier molecular flexibility index (Phi) is 5.75. The summed E-state index contributed by atoms with van der Waals surface area (Å²) < 4.78 is 11.9. The molecule has 0 N–H and O–H groups in total. The van der Waals surface area contributed by atoms with E-state index in [1.54, 1.807) is 11.7 Å². The number of rotatable bonds is 6. The van der Waals surface area contributed by atoms with Crippen LogP contribution in [0.5, 0.6) is 0 Å². The molecule has 4 aromatic rings. The summed E-state index contributed by atoms with van der Waals surface area (Å²) in [6.45, 7) is 4.67. The highest BCUT2D eigenvalue weighted by Gasteiger charge is 2.16. The van der Waals surface area contributed by atoms with Crippen LogP contribution < -0.4 is 5.56 Å². The fraction of sp³-hybridized carbons (Fsp3) is 0.238. The van der Waals surface area contributed by atoms with Crippen molar-refractivity contribution in [3.05, 3.63) is 69.8 Å². The van der Waals surface area contributed by atoms with Gasteiger partial charge in [-0.25, -0.2) is 9.97 Å². The number of methoxy groups -OCH3 is 1. The lowest BCUT2D eigenvalue weighted by atomic mass is 10.1. The molecule has 0 spiro atoms. The molecule has 0 saturated carbocycles. The Labute approximate surface area is 176 Å². The predicted octanol–water partition coefficient (Wildman–Crippen LogP) is 4.19. The van der Waals surface area contributed by atoms with E-state index < -0.39 is 0 Å². The van der Waals surface area contributed by atoms with E-state index in [1.807, 2.05) is 49.4 Å². The molecule has 4 rings (SSSR count). The number of aromatic nitrogens is 4. The first kappa shape index (κ1) is 19.8. The zero-order valence-electron chi connectivity index (χ0n) is 16.4. The Morgan fingerprint density at radius 3 is 2.72 bits per heavy atom. The fourth-order valence-corrected chi connectivity index (χ4v) is 4.60. The topological polar surface area (TPSA) is 69.9 Å². The van der Waals surface area contributed by atoms with Crippen molar-refractivity contribution in [3.63, 3.8) is 0 Å². The maximum Gasteiger partial charge on any atom is 0.266 e. The van der Waals surface area contributed by atoms with Crippen LogP contribution in [0.1, 0.15) is 17.0 Å². The standard InChI is InChI=1S/C21H20N4O2S2/c1-13-8-9-15(12-14(13)2)25-19(26)16-6-4-5-7-17(16)22-20(25)28-21-23-18(24-29-21)10-11-27-3/h4-9,12H,10-11H2,1-3H3. The van der Waals surface area contributed by atoms with E-state index in [-0.39, 0.29) is 5.56 Å². The van der Waals surface area contributed by atoms with Crippen molar-refractivity contribution in [1.29, 1.82) is 0 Å². The fourth-order valence-electron chi connectivity index (χ4n) is 2.93. The zero-order chi connectivity index (χ0) is 20.4. The van der Waals surface area contributed by atoms with E-state index in [1.165, 1.54) is 28.9 Å². The third kappa shape index (κ3) is 4.10. The quantitative estimate of drug-likeness (QED) is 0.432. The number of hydrogen-bond acceptors (Lipinski definition) is 7. The molecular weight excluding hydrogens is 404 g/mol. The number of aryl methyl sites for hydroxylation is 2. The first-order valence-electron chi connectivity index (χ1n) is 9.15. The van der Waals surface area contributed by atoms with Crippen molar-refractivity contribution in [1.82, 2.24) is 18.9 Å². The van der Waals surface area contributed by atoms with Crippen LogP contribution in [0.2, 0.25) is 0 Å². The molecular formula is C21H20N4O2S2. The number of hydrogen-bond donors (Lipinski definition) is 0. The van der Waals surface area contributed by atoms with Gasteiger partial charge in [0, 0.05) is 13.5 Å². The molecule has 29 heavy (non-hydrogen) atoms. The van der Waals surface area contributed by atoms with Crippen molar-refractivity contribution in [3.8, 4) is 5.69 Å². The van der Waals surface area contributed by atoms with Crippen LogP contribution in [-0.2, 0) is 11.2 Å². The van der Waals surface area contributed by atoms with E-state index in [4.69, 9.17) is 9.72 Å². The molecule has 2 heterocycles. The van der Waals surface area contributed by atoms with E-state index >= 15 is 0 Å². The summed E-state index contributed by atoms with van der Waals surface area (Å²) in [5, 5.41) is 1.17. The average molecular weight is 425 g/mol. The summed E-state index contributed by atoms with van der Waals surface area (Å²) >= 11 is 2.66. The van der Waals surface area contributed by atoms with Gasteiger partial charge in [0.05, 0.1) is 23.2 Å². The summed E-state index contributed by atoms with van der Waals surface area (Å²) in [7, 11) is 1.66. The second kappa shape index (κ2) is 8.44. The molecule has 2 aromatic carbocycles. The summed E-state index contributed by atoms with van der Waals surface area (Å²) in [4.78, 5) is 22.7. The van der Waals surface area contributed by atoms with Gasteiger partial charge in [0.15, 0.2) is 9.50 Å². The number of nitrogens with zero attached hydrogens (tertiary/aromatic N) is 4. The minimum atomic E-state index is -0.0922. The Balaban J connectivity index is 1.84. The third-order valence-corrected chi connectivity index (χ3v) is 6.40. The number of ether oxygens (including phenoxy) is 1. The van der Waals surface area contributed by atoms with Crippen LogP contribution in [0.15, 0.2) is 56.8 Å². The second-order valence-electron chi connectivity index (χ2n) is 6.64. The summed E-state index contributed by atoms with van der Waals surface area (Å²) in [6.07, 6.45) is 0.655. The molecule has 0 unspecified atom stereocenters. The van der Waals surface area contributed by atoms with E-state index in [9.17, 15) is 4.79 Å². The zero-order valence-corrected chi connectivity index (χ0v) is 18.0. The van der Waals surface area contributed by atoms with E-state index in [0.717, 1.165) is 21.4 Å². The van der Waals surface area contributed by atoms with Gasteiger partial charge in [-0.3, -0.25) is 9.36 Å². The van der Waals surface area contributed by atoms with Gasteiger partial charge >= 0.3 is 0 Å². The van der Waals surface area contributed by atoms with E-state index in [0.29, 0.717) is 29.1 Å². The SMILES string of the molecule is COCCc1nsc(Sc2nc3ccccc3c(=O)n2-c2ccc(C)c(C)c2)n1. The summed E-state index contributed by atoms with van der Waals surface area (Å²) in [6, 6.07) is 13.4. The van der Waals surface area contributed by atoms with Crippen LogP contribution in [0.25, 0.3) is 16.6 Å². The highest BCUT2D eigenvalue weighted by Crippen LogP contribution is 2.30. The largest absolute Gasteiger partial charge is 0.384 e. The molecule has 0 saturated heterocycles. The van der Waals surface area contributed by atoms with Gasteiger partial charge in [0.25, 0.3) is 5.56 Å². The Morgan fingerprint density at radius 1 is 1.10 bits per heavy atom. The van der Waals surface area contributed by atoms with Crippen molar-refractivity contribution >= 4 is 34.2 Å². The highest BCUT2D eigenvalue weighted by molar-refractivity contribution is 8.00. The number of benzene rings is 2. The smallest absolute Gasteiger partial charge is 0.266 e. The second-order valence-corrected chi connectivity index (χ2v) is 8.61. The molecule has 0 aliphatic carbocycles. The Bertz CT molecular complexity index is 1230. The predicted molar refractivity (Wildman–Crippen MR) is 116 cm³/mol. The van der Waals surface area contributed by atoms with Crippen molar-refractivity contribution in [2.45, 2.75) is 29.8 Å². The van der Waals surface area contributed by atoms with Crippen LogP contribution >= 0.6 is 23.3 Å².